The Kier molecular flexibility index (Phi) is 3.20. The van der Waals surface area contributed by atoms with E-state index in [0.29, 0.717) is 0 Å². The average Bonchev–Trinajstić information content (AvgIpc) is 2.71. The quantitative estimate of drug-likeness (QED) is 0.618. The molecule has 1 aliphatic carbocycles. The van der Waals surface area contributed by atoms with E-state index in [2.05, 4.69) is 19.2 Å². The third-order valence-corrected chi connectivity index (χ3v) is 2.30. The summed E-state index contributed by atoms with van der Waals surface area (Å²) in [5.41, 5.74) is 0. The first kappa shape index (κ1) is 8.06. The highest BCUT2D eigenvalue weighted by Crippen LogP contribution is 2.33. The van der Waals surface area contributed by atoms with Crippen molar-refractivity contribution in [2.75, 3.05) is 6.54 Å². The minimum absolute atomic E-state index is 0.803. The first-order valence-corrected chi connectivity index (χ1v) is 4.60. The van der Waals surface area contributed by atoms with E-state index in [1.807, 2.05) is 0 Å². The van der Waals surface area contributed by atoms with Crippen molar-refractivity contribution in [3.63, 3.8) is 0 Å². The van der Waals surface area contributed by atoms with Crippen molar-refractivity contribution in [2.45, 2.75) is 45.6 Å². The van der Waals surface area contributed by atoms with Crippen LogP contribution in [0.2, 0.25) is 0 Å². The van der Waals surface area contributed by atoms with Crippen LogP contribution in [-0.2, 0) is 0 Å². The molecule has 1 nitrogen and oxygen atoms in total. The average molecular weight is 141 g/mol. The molecule has 1 unspecified atom stereocenters. The fourth-order valence-corrected chi connectivity index (χ4v) is 1.44. The van der Waals surface area contributed by atoms with Gasteiger partial charge in [0.15, 0.2) is 0 Å². The first-order valence-electron chi connectivity index (χ1n) is 4.60. The highest BCUT2D eigenvalue weighted by Gasteiger charge is 2.23. The van der Waals surface area contributed by atoms with Gasteiger partial charge in [0.25, 0.3) is 0 Å². The lowest BCUT2D eigenvalue weighted by Gasteiger charge is -2.14. The van der Waals surface area contributed by atoms with Crippen molar-refractivity contribution < 1.29 is 0 Å². The summed E-state index contributed by atoms with van der Waals surface area (Å²) in [6.07, 6.45) is 5.69. The minimum atomic E-state index is 0.803. The maximum Gasteiger partial charge on any atom is 0.00669 e. The fourth-order valence-electron chi connectivity index (χ4n) is 1.44. The fraction of sp³-hybridized carbons (Fsp3) is 1.00. The van der Waals surface area contributed by atoms with Gasteiger partial charge < -0.3 is 5.32 Å². The molecule has 1 N–H and O–H groups in total. The zero-order valence-corrected chi connectivity index (χ0v) is 7.19. The van der Waals surface area contributed by atoms with Gasteiger partial charge in [-0.1, -0.05) is 26.7 Å². The summed E-state index contributed by atoms with van der Waals surface area (Å²) in [5.74, 6) is 1.07. The minimum Gasteiger partial charge on any atom is -0.314 e. The van der Waals surface area contributed by atoms with Gasteiger partial charge >= 0.3 is 0 Å². The lowest BCUT2D eigenvalue weighted by molar-refractivity contribution is 0.457. The van der Waals surface area contributed by atoms with E-state index in [4.69, 9.17) is 0 Å². The van der Waals surface area contributed by atoms with Gasteiger partial charge in [0.05, 0.1) is 0 Å². The Morgan fingerprint density at radius 3 is 2.50 bits per heavy atom. The third-order valence-electron chi connectivity index (χ3n) is 2.30. The molecule has 0 aromatic heterocycles. The topological polar surface area (TPSA) is 12.0 Å². The molecule has 60 valence electrons. The van der Waals surface area contributed by atoms with Gasteiger partial charge in [-0.2, -0.15) is 0 Å². The van der Waals surface area contributed by atoms with Crippen LogP contribution >= 0.6 is 0 Å². The van der Waals surface area contributed by atoms with Gasteiger partial charge in [-0.05, 0) is 25.3 Å². The lowest BCUT2D eigenvalue weighted by atomic mass is 10.1. The predicted molar refractivity (Wildman–Crippen MR) is 45.1 cm³/mol. The molecule has 0 heterocycles. The highest BCUT2D eigenvalue weighted by atomic mass is 14.9. The number of hydrogen-bond donors (Lipinski definition) is 1. The van der Waals surface area contributed by atoms with E-state index in [9.17, 15) is 0 Å². The van der Waals surface area contributed by atoms with E-state index in [1.54, 1.807) is 0 Å². The molecule has 0 bridgehead atoms. The Bertz CT molecular complexity index is 86.7. The molecular formula is C9H19N. The molecule has 0 aromatic rings. The van der Waals surface area contributed by atoms with Crippen LogP contribution < -0.4 is 5.32 Å². The molecule has 0 radical (unpaired) electrons. The standard InChI is InChI=1S/C9H19N/c1-3-9(10-4-2)7-8-5-6-8/h8-10H,3-7H2,1-2H3. The van der Waals surface area contributed by atoms with Crippen molar-refractivity contribution in [2.24, 2.45) is 5.92 Å². The van der Waals surface area contributed by atoms with Crippen LogP contribution in [0.15, 0.2) is 0 Å². The molecule has 1 saturated carbocycles. The van der Waals surface area contributed by atoms with Crippen molar-refractivity contribution in [1.82, 2.24) is 5.32 Å². The molecule has 1 fully saturated rings. The van der Waals surface area contributed by atoms with Gasteiger partial charge in [0.1, 0.15) is 0 Å². The van der Waals surface area contributed by atoms with Crippen molar-refractivity contribution in [3.05, 3.63) is 0 Å². The Hall–Kier alpha value is -0.0400. The van der Waals surface area contributed by atoms with Crippen LogP contribution in [-0.4, -0.2) is 12.6 Å². The molecule has 0 spiro atoms. The Balaban J connectivity index is 2.05. The zero-order valence-electron chi connectivity index (χ0n) is 7.19. The second-order valence-corrected chi connectivity index (χ2v) is 3.34. The van der Waals surface area contributed by atoms with Crippen LogP contribution in [0.5, 0.6) is 0 Å². The Morgan fingerprint density at radius 1 is 1.40 bits per heavy atom. The summed E-state index contributed by atoms with van der Waals surface area (Å²) in [6.45, 7) is 5.59. The summed E-state index contributed by atoms with van der Waals surface area (Å²) in [6, 6.07) is 0.803. The molecular weight excluding hydrogens is 122 g/mol. The third kappa shape index (κ3) is 2.70. The van der Waals surface area contributed by atoms with Crippen molar-refractivity contribution >= 4 is 0 Å². The smallest absolute Gasteiger partial charge is 0.00669 e. The normalized spacial score (nSPS) is 21.0. The van der Waals surface area contributed by atoms with E-state index in [-0.39, 0.29) is 0 Å². The molecule has 1 aliphatic rings. The van der Waals surface area contributed by atoms with Crippen LogP contribution in [0.25, 0.3) is 0 Å². The highest BCUT2D eigenvalue weighted by molar-refractivity contribution is 4.79. The van der Waals surface area contributed by atoms with E-state index in [0.717, 1.165) is 18.5 Å². The van der Waals surface area contributed by atoms with E-state index < -0.39 is 0 Å². The summed E-state index contributed by atoms with van der Waals surface area (Å²) in [4.78, 5) is 0. The van der Waals surface area contributed by atoms with Gasteiger partial charge in [0, 0.05) is 6.04 Å². The number of hydrogen-bond acceptors (Lipinski definition) is 1. The molecule has 1 heteroatoms. The summed E-state index contributed by atoms with van der Waals surface area (Å²) in [7, 11) is 0. The molecule has 0 aliphatic heterocycles. The molecule has 10 heavy (non-hydrogen) atoms. The molecule has 1 rings (SSSR count). The monoisotopic (exact) mass is 141 g/mol. The van der Waals surface area contributed by atoms with E-state index in [1.165, 1.54) is 25.7 Å². The number of nitrogens with one attached hydrogen (secondary N) is 1. The van der Waals surface area contributed by atoms with Crippen molar-refractivity contribution in [1.29, 1.82) is 0 Å². The second-order valence-electron chi connectivity index (χ2n) is 3.34. The van der Waals surface area contributed by atoms with Crippen molar-refractivity contribution in [3.8, 4) is 0 Å². The summed E-state index contributed by atoms with van der Waals surface area (Å²) >= 11 is 0. The summed E-state index contributed by atoms with van der Waals surface area (Å²) < 4.78 is 0. The van der Waals surface area contributed by atoms with Gasteiger partial charge in [-0.15, -0.1) is 0 Å². The maximum absolute atomic E-state index is 3.50. The lowest BCUT2D eigenvalue weighted by Crippen LogP contribution is -2.28. The van der Waals surface area contributed by atoms with Gasteiger partial charge in [0.2, 0.25) is 0 Å². The molecule has 0 saturated heterocycles. The zero-order chi connectivity index (χ0) is 7.40. The summed E-state index contributed by atoms with van der Waals surface area (Å²) in [5, 5.41) is 3.50. The Morgan fingerprint density at radius 2 is 2.10 bits per heavy atom. The van der Waals surface area contributed by atoms with Crippen LogP contribution in [0.3, 0.4) is 0 Å². The molecule has 0 aromatic carbocycles. The predicted octanol–water partition coefficient (Wildman–Crippen LogP) is 2.17. The Labute approximate surface area is 64.2 Å². The molecule has 1 atom stereocenters. The second kappa shape index (κ2) is 3.97. The van der Waals surface area contributed by atoms with Crippen LogP contribution in [0, 0.1) is 5.92 Å². The SMILES string of the molecule is CCNC(CC)CC1CC1. The molecule has 0 amide bonds. The largest absolute Gasteiger partial charge is 0.314 e. The van der Waals surface area contributed by atoms with Crippen LogP contribution in [0.1, 0.15) is 39.5 Å². The van der Waals surface area contributed by atoms with Gasteiger partial charge in [-0.25, -0.2) is 0 Å². The van der Waals surface area contributed by atoms with E-state index >= 15 is 0 Å². The van der Waals surface area contributed by atoms with Gasteiger partial charge in [-0.3, -0.25) is 0 Å². The van der Waals surface area contributed by atoms with Crippen LogP contribution in [0.4, 0.5) is 0 Å². The maximum atomic E-state index is 3.50. The first-order chi connectivity index (χ1) is 4.86. The number of rotatable bonds is 5.